The molecule has 3 nitrogen and oxygen atoms in total. The van der Waals surface area contributed by atoms with Gasteiger partial charge >= 0.3 is 0 Å². The Bertz CT molecular complexity index is 615. The number of benzene rings is 2. The van der Waals surface area contributed by atoms with Gasteiger partial charge in [0.25, 0.3) is 0 Å². The zero-order valence-electron chi connectivity index (χ0n) is 8.27. The van der Waals surface area contributed by atoms with E-state index in [-0.39, 0.29) is 22.8 Å². The van der Waals surface area contributed by atoms with Gasteiger partial charge in [-0.2, -0.15) is 0 Å². The Morgan fingerprint density at radius 3 is 2.31 bits per heavy atom. The number of hydrogen-bond acceptors (Lipinski definition) is 3. The number of fused-ring (bicyclic) bond motifs is 3. The van der Waals surface area contributed by atoms with Crippen molar-refractivity contribution < 1.29 is 15.0 Å². The number of phenolic OH excluding ortho intramolecular Hbond substituents is 2. The first kappa shape index (κ1) is 8.97. The van der Waals surface area contributed by atoms with Crippen LogP contribution in [0.15, 0.2) is 36.4 Å². The zero-order chi connectivity index (χ0) is 11.3. The van der Waals surface area contributed by atoms with Crippen LogP contribution in [0.3, 0.4) is 0 Å². The van der Waals surface area contributed by atoms with Crippen molar-refractivity contribution in [2.75, 3.05) is 0 Å². The minimum Gasteiger partial charge on any atom is -0.508 e. The van der Waals surface area contributed by atoms with Gasteiger partial charge in [-0.25, -0.2) is 0 Å². The van der Waals surface area contributed by atoms with Crippen molar-refractivity contribution in [3.8, 4) is 22.6 Å². The molecule has 0 radical (unpaired) electrons. The Balaban J connectivity index is 2.42. The van der Waals surface area contributed by atoms with Crippen molar-refractivity contribution in [2.45, 2.75) is 0 Å². The van der Waals surface area contributed by atoms with Gasteiger partial charge in [0.2, 0.25) is 0 Å². The first-order chi connectivity index (χ1) is 7.68. The van der Waals surface area contributed by atoms with Crippen LogP contribution in [0.4, 0.5) is 0 Å². The maximum atomic E-state index is 12.0. The molecule has 16 heavy (non-hydrogen) atoms. The van der Waals surface area contributed by atoms with Crippen molar-refractivity contribution in [3.05, 3.63) is 47.5 Å². The van der Waals surface area contributed by atoms with Gasteiger partial charge in [-0.3, -0.25) is 4.79 Å². The monoisotopic (exact) mass is 212 g/mol. The van der Waals surface area contributed by atoms with Crippen LogP contribution in [0.1, 0.15) is 15.9 Å². The number of phenols is 2. The lowest BCUT2D eigenvalue weighted by molar-refractivity contribution is 0.104. The molecule has 0 atom stereocenters. The first-order valence-electron chi connectivity index (χ1n) is 4.88. The second kappa shape index (κ2) is 2.85. The van der Waals surface area contributed by atoms with Gasteiger partial charge in [0.1, 0.15) is 11.5 Å². The summed E-state index contributed by atoms with van der Waals surface area (Å²) in [4.78, 5) is 12.0. The number of hydrogen-bond donors (Lipinski definition) is 2. The highest BCUT2D eigenvalue weighted by molar-refractivity contribution is 6.23. The molecule has 2 aromatic carbocycles. The van der Waals surface area contributed by atoms with Gasteiger partial charge in [-0.15, -0.1) is 0 Å². The predicted molar refractivity (Wildman–Crippen MR) is 58.6 cm³/mol. The fourth-order valence-electron chi connectivity index (χ4n) is 2.11. The van der Waals surface area contributed by atoms with E-state index >= 15 is 0 Å². The highest BCUT2D eigenvalue weighted by Gasteiger charge is 2.29. The maximum absolute atomic E-state index is 12.0. The third-order valence-electron chi connectivity index (χ3n) is 2.79. The molecule has 2 aromatic rings. The summed E-state index contributed by atoms with van der Waals surface area (Å²) in [6.07, 6.45) is 0. The minimum atomic E-state index is -0.192. The Morgan fingerprint density at radius 2 is 1.56 bits per heavy atom. The minimum absolute atomic E-state index is 0.0410. The van der Waals surface area contributed by atoms with Crippen molar-refractivity contribution in [3.63, 3.8) is 0 Å². The van der Waals surface area contributed by atoms with Gasteiger partial charge in [-0.1, -0.05) is 24.3 Å². The first-order valence-corrected chi connectivity index (χ1v) is 4.88. The van der Waals surface area contributed by atoms with E-state index in [9.17, 15) is 15.0 Å². The summed E-state index contributed by atoms with van der Waals surface area (Å²) in [5.41, 5.74) is 2.20. The second-order valence-electron chi connectivity index (χ2n) is 3.76. The van der Waals surface area contributed by atoms with Crippen LogP contribution in [-0.2, 0) is 0 Å². The maximum Gasteiger partial charge on any atom is 0.198 e. The van der Waals surface area contributed by atoms with Crippen molar-refractivity contribution in [1.29, 1.82) is 0 Å². The molecular weight excluding hydrogens is 204 g/mol. The van der Waals surface area contributed by atoms with Crippen molar-refractivity contribution in [1.82, 2.24) is 0 Å². The lowest BCUT2D eigenvalue weighted by Crippen LogP contribution is -1.94. The number of rotatable bonds is 0. The van der Waals surface area contributed by atoms with Gasteiger partial charge in [0.05, 0.1) is 5.56 Å². The molecular formula is C13H8O3. The Labute approximate surface area is 91.6 Å². The van der Waals surface area contributed by atoms with Crippen LogP contribution in [0, 0.1) is 0 Å². The highest BCUT2D eigenvalue weighted by atomic mass is 16.3. The van der Waals surface area contributed by atoms with E-state index in [0.717, 1.165) is 5.56 Å². The molecule has 78 valence electrons. The van der Waals surface area contributed by atoms with Crippen LogP contribution in [0.5, 0.6) is 11.5 Å². The van der Waals surface area contributed by atoms with Gasteiger partial charge in [-0.05, 0) is 11.6 Å². The summed E-state index contributed by atoms with van der Waals surface area (Å²) < 4.78 is 0. The summed E-state index contributed by atoms with van der Waals surface area (Å²) in [6.45, 7) is 0. The van der Waals surface area contributed by atoms with Gasteiger partial charge in [0, 0.05) is 17.2 Å². The van der Waals surface area contributed by atoms with Crippen LogP contribution in [0.2, 0.25) is 0 Å². The van der Waals surface area contributed by atoms with Crippen molar-refractivity contribution >= 4 is 5.78 Å². The lowest BCUT2D eigenvalue weighted by atomic mass is 10.1. The van der Waals surface area contributed by atoms with Crippen LogP contribution in [0.25, 0.3) is 11.1 Å². The molecule has 0 aliphatic heterocycles. The highest BCUT2D eigenvalue weighted by Crippen LogP contribution is 2.42. The topological polar surface area (TPSA) is 57.5 Å². The number of aromatic hydroxyl groups is 2. The molecule has 0 spiro atoms. The molecule has 0 heterocycles. The molecule has 1 aliphatic carbocycles. The van der Waals surface area contributed by atoms with E-state index < -0.39 is 0 Å². The number of carbonyl (C=O) groups is 1. The number of ketones is 1. The Kier molecular flexibility index (Phi) is 1.60. The van der Waals surface area contributed by atoms with Gasteiger partial charge in [0.15, 0.2) is 5.78 Å². The van der Waals surface area contributed by atoms with E-state index in [1.165, 1.54) is 12.1 Å². The Morgan fingerprint density at radius 1 is 0.875 bits per heavy atom. The summed E-state index contributed by atoms with van der Waals surface area (Å²) in [5.74, 6) is -0.403. The number of carbonyl (C=O) groups excluding carboxylic acids is 1. The smallest absolute Gasteiger partial charge is 0.198 e. The van der Waals surface area contributed by atoms with E-state index in [1.807, 2.05) is 6.07 Å². The predicted octanol–water partition coefficient (Wildman–Crippen LogP) is 2.31. The second-order valence-corrected chi connectivity index (χ2v) is 3.76. The SMILES string of the molecule is O=C1c2ccccc2-c2cc(O)cc(O)c21. The normalized spacial score (nSPS) is 12.4. The molecule has 2 N–H and O–H groups in total. The van der Waals surface area contributed by atoms with Crippen LogP contribution >= 0.6 is 0 Å². The molecule has 0 aromatic heterocycles. The standard InChI is InChI=1S/C13H8O3/c14-7-5-10-8-3-1-2-4-9(8)13(16)12(10)11(15)6-7/h1-6,14-15H. The molecule has 0 saturated carbocycles. The van der Waals surface area contributed by atoms with E-state index in [0.29, 0.717) is 11.1 Å². The fraction of sp³-hybridized carbons (Fsp3) is 0. The molecule has 0 bridgehead atoms. The zero-order valence-corrected chi connectivity index (χ0v) is 8.27. The average molecular weight is 212 g/mol. The summed E-state index contributed by atoms with van der Waals surface area (Å²) in [6, 6.07) is 9.80. The molecule has 1 aliphatic rings. The van der Waals surface area contributed by atoms with Gasteiger partial charge < -0.3 is 10.2 Å². The third kappa shape index (κ3) is 0.997. The lowest BCUT2D eigenvalue weighted by Gasteiger charge is -2.02. The molecule has 0 saturated heterocycles. The summed E-state index contributed by atoms with van der Waals surface area (Å²) in [7, 11) is 0. The Hall–Kier alpha value is -2.29. The molecule has 3 heteroatoms. The quantitative estimate of drug-likeness (QED) is 0.601. The van der Waals surface area contributed by atoms with E-state index in [4.69, 9.17) is 0 Å². The van der Waals surface area contributed by atoms with E-state index in [1.54, 1.807) is 18.2 Å². The fourth-order valence-corrected chi connectivity index (χ4v) is 2.11. The molecule has 0 amide bonds. The summed E-state index contributed by atoms with van der Waals surface area (Å²) >= 11 is 0. The van der Waals surface area contributed by atoms with Crippen LogP contribution < -0.4 is 0 Å². The average Bonchev–Trinajstić information content (AvgIpc) is 2.54. The largest absolute Gasteiger partial charge is 0.508 e. The molecule has 0 fully saturated rings. The van der Waals surface area contributed by atoms with Crippen molar-refractivity contribution in [2.24, 2.45) is 0 Å². The van der Waals surface area contributed by atoms with Crippen LogP contribution in [-0.4, -0.2) is 16.0 Å². The molecule has 3 rings (SSSR count). The molecule has 0 unspecified atom stereocenters. The summed E-state index contributed by atoms with van der Waals surface area (Å²) in [5, 5.41) is 19.1. The van der Waals surface area contributed by atoms with E-state index in [2.05, 4.69) is 0 Å². The third-order valence-corrected chi connectivity index (χ3v) is 2.79.